The smallest absolute Gasteiger partial charge is 0.248 e. The van der Waals surface area contributed by atoms with E-state index >= 15 is 0 Å². The molecule has 0 atom stereocenters. The van der Waals surface area contributed by atoms with Gasteiger partial charge in [-0.3, -0.25) is 9.59 Å². The summed E-state index contributed by atoms with van der Waals surface area (Å²) in [5.41, 5.74) is 18.5. The molecule has 9 heteroatoms. The van der Waals surface area contributed by atoms with Gasteiger partial charge in [0.25, 0.3) is 0 Å². The molecule has 2 amide bonds. The van der Waals surface area contributed by atoms with Gasteiger partial charge in [0.2, 0.25) is 17.8 Å². The quantitative estimate of drug-likeness (QED) is 0.445. The van der Waals surface area contributed by atoms with Gasteiger partial charge >= 0.3 is 0 Å². The van der Waals surface area contributed by atoms with Crippen molar-refractivity contribution < 1.29 is 9.59 Å². The van der Waals surface area contributed by atoms with Gasteiger partial charge in [-0.1, -0.05) is 0 Å². The van der Waals surface area contributed by atoms with Crippen LogP contribution in [0.15, 0.2) is 54.6 Å². The maximum Gasteiger partial charge on any atom is 0.248 e. The molecule has 136 valence electrons. The van der Waals surface area contributed by atoms with Crippen molar-refractivity contribution in [3.8, 4) is 0 Å². The number of nitrogens with zero attached hydrogens (tertiary/aromatic N) is 2. The fourth-order valence-corrected chi connectivity index (χ4v) is 2.30. The van der Waals surface area contributed by atoms with E-state index < -0.39 is 11.8 Å². The van der Waals surface area contributed by atoms with E-state index in [-0.39, 0.29) is 11.8 Å². The van der Waals surface area contributed by atoms with E-state index in [4.69, 9.17) is 17.2 Å². The second kappa shape index (κ2) is 7.40. The van der Waals surface area contributed by atoms with Gasteiger partial charge in [0.15, 0.2) is 0 Å². The number of aromatic nitrogens is 2. The number of nitrogens with one attached hydrogen (secondary N) is 2. The maximum absolute atomic E-state index is 11.1. The molecule has 9 nitrogen and oxygen atoms in total. The molecule has 0 bridgehead atoms. The number of benzene rings is 2. The number of carbonyl (C=O) groups is 2. The third-order valence-corrected chi connectivity index (χ3v) is 3.61. The Bertz CT molecular complexity index is 908. The molecule has 1 aromatic heterocycles. The minimum absolute atomic E-state index is 0.262. The van der Waals surface area contributed by atoms with Crippen molar-refractivity contribution in [1.82, 2.24) is 9.97 Å². The van der Waals surface area contributed by atoms with E-state index in [1.54, 1.807) is 54.6 Å². The number of rotatable bonds is 6. The topological polar surface area (TPSA) is 162 Å². The van der Waals surface area contributed by atoms with Gasteiger partial charge in [-0.15, -0.1) is 0 Å². The van der Waals surface area contributed by atoms with Crippen LogP contribution in [0.25, 0.3) is 0 Å². The Hall–Kier alpha value is -4.14. The second-order valence-electron chi connectivity index (χ2n) is 5.63. The Labute approximate surface area is 154 Å². The van der Waals surface area contributed by atoms with E-state index in [0.29, 0.717) is 28.3 Å². The Morgan fingerprint density at radius 2 is 1.22 bits per heavy atom. The standard InChI is InChI=1S/C18H17N7O2/c19-14-9-15(22-12-5-1-10(2-6-12)16(20)26)25-18(24-14)23-13-7-3-11(4-8-13)17(21)27/h1-9H,(H2,20,26)(H2,21,27)(H4,19,22,23,24,25). The van der Waals surface area contributed by atoms with Gasteiger partial charge in [-0.05, 0) is 48.5 Å². The molecule has 0 saturated heterocycles. The first-order valence-corrected chi connectivity index (χ1v) is 7.89. The third kappa shape index (κ3) is 4.48. The van der Waals surface area contributed by atoms with Crippen LogP contribution in [0.3, 0.4) is 0 Å². The van der Waals surface area contributed by atoms with E-state index in [1.165, 1.54) is 0 Å². The molecule has 0 aliphatic rings. The molecule has 1 heterocycles. The summed E-state index contributed by atoms with van der Waals surface area (Å²) in [4.78, 5) is 30.7. The van der Waals surface area contributed by atoms with Crippen LogP contribution in [0.1, 0.15) is 20.7 Å². The van der Waals surface area contributed by atoms with E-state index in [9.17, 15) is 9.59 Å². The molecule has 0 radical (unpaired) electrons. The average Bonchev–Trinajstić information content (AvgIpc) is 2.62. The van der Waals surface area contributed by atoms with Gasteiger partial charge in [-0.25, -0.2) is 0 Å². The Morgan fingerprint density at radius 1 is 0.741 bits per heavy atom. The number of primary amides is 2. The zero-order valence-electron chi connectivity index (χ0n) is 14.1. The Kier molecular flexibility index (Phi) is 4.84. The lowest BCUT2D eigenvalue weighted by molar-refractivity contribution is 0.0992. The van der Waals surface area contributed by atoms with E-state index in [0.717, 1.165) is 0 Å². The zero-order valence-corrected chi connectivity index (χ0v) is 14.1. The number of nitrogens with two attached hydrogens (primary N) is 3. The molecule has 3 aromatic rings. The first kappa shape index (κ1) is 17.7. The van der Waals surface area contributed by atoms with Gasteiger partial charge in [0.05, 0.1) is 0 Å². The number of nitrogen functional groups attached to an aromatic ring is 1. The number of amides is 2. The van der Waals surface area contributed by atoms with Crippen molar-refractivity contribution >= 4 is 40.8 Å². The average molecular weight is 363 g/mol. The van der Waals surface area contributed by atoms with Crippen molar-refractivity contribution in [1.29, 1.82) is 0 Å². The Balaban J connectivity index is 1.77. The molecule has 8 N–H and O–H groups in total. The highest BCUT2D eigenvalue weighted by molar-refractivity contribution is 5.93. The molecule has 27 heavy (non-hydrogen) atoms. The normalized spacial score (nSPS) is 10.2. The summed E-state index contributed by atoms with van der Waals surface area (Å²) >= 11 is 0. The largest absolute Gasteiger partial charge is 0.383 e. The van der Waals surface area contributed by atoms with Crippen LogP contribution >= 0.6 is 0 Å². The highest BCUT2D eigenvalue weighted by Gasteiger charge is 2.06. The molecular weight excluding hydrogens is 346 g/mol. The SMILES string of the molecule is NC(=O)c1ccc(Nc2cc(N)nc(Nc3ccc(C(N)=O)cc3)n2)cc1. The fraction of sp³-hybridized carbons (Fsp3) is 0. The number of hydrogen-bond donors (Lipinski definition) is 5. The predicted octanol–water partition coefficient (Wildman–Crippen LogP) is 1.74. The lowest BCUT2D eigenvalue weighted by Gasteiger charge is -2.10. The molecule has 0 saturated carbocycles. The number of hydrogen-bond acceptors (Lipinski definition) is 7. The van der Waals surface area contributed by atoms with Crippen molar-refractivity contribution in [3.63, 3.8) is 0 Å². The van der Waals surface area contributed by atoms with Crippen LogP contribution in [0.5, 0.6) is 0 Å². The summed E-state index contributed by atoms with van der Waals surface area (Å²) in [6, 6.07) is 14.7. The predicted molar refractivity (Wildman–Crippen MR) is 103 cm³/mol. The lowest BCUT2D eigenvalue weighted by atomic mass is 10.2. The summed E-state index contributed by atoms with van der Waals surface area (Å²) in [6.07, 6.45) is 0. The highest BCUT2D eigenvalue weighted by Crippen LogP contribution is 2.20. The Morgan fingerprint density at radius 3 is 1.70 bits per heavy atom. The molecular formula is C18H17N7O2. The first-order chi connectivity index (χ1) is 12.9. The van der Waals surface area contributed by atoms with Crippen LogP contribution in [0, 0.1) is 0 Å². The van der Waals surface area contributed by atoms with Crippen molar-refractivity contribution in [2.24, 2.45) is 11.5 Å². The van der Waals surface area contributed by atoms with Crippen molar-refractivity contribution in [2.75, 3.05) is 16.4 Å². The molecule has 2 aromatic carbocycles. The van der Waals surface area contributed by atoms with Crippen molar-refractivity contribution in [2.45, 2.75) is 0 Å². The summed E-state index contributed by atoms with van der Waals surface area (Å²) in [6.45, 7) is 0. The summed E-state index contributed by atoms with van der Waals surface area (Å²) in [7, 11) is 0. The highest BCUT2D eigenvalue weighted by atomic mass is 16.1. The van der Waals surface area contributed by atoms with Gasteiger partial charge < -0.3 is 27.8 Å². The summed E-state index contributed by atoms with van der Waals surface area (Å²) in [5.74, 6) is -0.00144. The van der Waals surface area contributed by atoms with Crippen LogP contribution in [0.2, 0.25) is 0 Å². The fourth-order valence-electron chi connectivity index (χ4n) is 2.30. The molecule has 0 spiro atoms. The minimum atomic E-state index is -0.504. The van der Waals surface area contributed by atoms with Crippen LogP contribution in [-0.2, 0) is 0 Å². The van der Waals surface area contributed by atoms with Gasteiger partial charge in [0, 0.05) is 28.6 Å². The molecule has 3 rings (SSSR count). The third-order valence-electron chi connectivity index (χ3n) is 3.61. The summed E-state index contributed by atoms with van der Waals surface area (Å²) in [5, 5.41) is 6.08. The molecule has 0 aliphatic carbocycles. The molecule has 0 aliphatic heterocycles. The lowest BCUT2D eigenvalue weighted by Crippen LogP contribution is -2.10. The van der Waals surface area contributed by atoms with Crippen LogP contribution in [0.4, 0.5) is 29.0 Å². The number of anilines is 5. The van der Waals surface area contributed by atoms with E-state index in [1.807, 2.05) is 0 Å². The monoisotopic (exact) mass is 363 g/mol. The van der Waals surface area contributed by atoms with Crippen LogP contribution < -0.4 is 27.8 Å². The second-order valence-corrected chi connectivity index (χ2v) is 5.63. The molecule has 0 unspecified atom stereocenters. The minimum Gasteiger partial charge on any atom is -0.383 e. The maximum atomic E-state index is 11.1. The number of carbonyl (C=O) groups excluding carboxylic acids is 2. The molecule has 0 fully saturated rings. The van der Waals surface area contributed by atoms with Crippen LogP contribution in [-0.4, -0.2) is 21.8 Å². The van der Waals surface area contributed by atoms with Crippen molar-refractivity contribution in [3.05, 3.63) is 65.7 Å². The van der Waals surface area contributed by atoms with Gasteiger partial charge in [-0.2, -0.15) is 9.97 Å². The van der Waals surface area contributed by atoms with Gasteiger partial charge in [0.1, 0.15) is 11.6 Å². The van der Waals surface area contributed by atoms with E-state index in [2.05, 4.69) is 20.6 Å². The zero-order chi connectivity index (χ0) is 19.4. The summed E-state index contributed by atoms with van der Waals surface area (Å²) < 4.78 is 0. The first-order valence-electron chi connectivity index (χ1n) is 7.89.